The van der Waals surface area contributed by atoms with Crippen molar-refractivity contribution < 1.29 is 5.11 Å². The van der Waals surface area contributed by atoms with Crippen molar-refractivity contribution in [3.8, 4) is 0 Å². The van der Waals surface area contributed by atoms with Crippen molar-refractivity contribution >= 4 is 0 Å². The van der Waals surface area contributed by atoms with Crippen molar-refractivity contribution in [3.63, 3.8) is 0 Å². The second-order valence-corrected chi connectivity index (χ2v) is 6.67. The summed E-state index contributed by atoms with van der Waals surface area (Å²) in [6.45, 7) is 2.32. The van der Waals surface area contributed by atoms with E-state index in [0.29, 0.717) is 0 Å². The second kappa shape index (κ2) is 10.7. The van der Waals surface area contributed by atoms with E-state index in [1.807, 2.05) is 0 Å². The fourth-order valence-electron chi connectivity index (χ4n) is 4.24. The van der Waals surface area contributed by atoms with Gasteiger partial charge in [0.15, 0.2) is 0 Å². The maximum absolute atomic E-state index is 7.00. The third-order valence-corrected chi connectivity index (χ3v) is 5.42. The smallest absolute Gasteiger partial charge is 0.0319 e. The van der Waals surface area contributed by atoms with Gasteiger partial charge in [0, 0.05) is 7.11 Å². The first-order valence-corrected chi connectivity index (χ1v) is 8.85. The fraction of sp³-hybridized carbons (Fsp3) is 1.00. The summed E-state index contributed by atoms with van der Waals surface area (Å²) >= 11 is 0. The molecule has 0 spiro atoms. The van der Waals surface area contributed by atoms with E-state index >= 15 is 0 Å². The summed E-state index contributed by atoms with van der Waals surface area (Å²) in [5, 5.41) is 7.00. The highest BCUT2D eigenvalue weighted by Crippen LogP contribution is 2.40. The van der Waals surface area contributed by atoms with Crippen LogP contribution in [0.1, 0.15) is 90.4 Å². The Morgan fingerprint density at radius 3 is 1.89 bits per heavy atom. The SMILES string of the molecule is CCCCCC1CCC(C2CCCCC2)CC1.CO. The molecule has 19 heavy (non-hydrogen) atoms. The van der Waals surface area contributed by atoms with Gasteiger partial charge in [0.25, 0.3) is 0 Å². The van der Waals surface area contributed by atoms with Gasteiger partial charge in [-0.05, 0) is 30.6 Å². The van der Waals surface area contributed by atoms with Crippen LogP contribution in [0.25, 0.3) is 0 Å². The molecule has 0 radical (unpaired) electrons. The minimum absolute atomic E-state index is 1.00. The number of unbranched alkanes of at least 4 members (excludes halogenated alkanes) is 2. The van der Waals surface area contributed by atoms with Gasteiger partial charge in [-0.1, -0.05) is 77.6 Å². The lowest BCUT2D eigenvalue weighted by Gasteiger charge is -2.36. The predicted molar refractivity (Wildman–Crippen MR) is 84.3 cm³/mol. The Morgan fingerprint density at radius 2 is 1.32 bits per heavy atom. The summed E-state index contributed by atoms with van der Waals surface area (Å²) in [7, 11) is 1.00. The van der Waals surface area contributed by atoms with Gasteiger partial charge in [0.05, 0.1) is 0 Å². The van der Waals surface area contributed by atoms with Gasteiger partial charge in [-0.15, -0.1) is 0 Å². The molecular weight excluding hydrogens is 232 g/mol. The number of rotatable bonds is 5. The van der Waals surface area contributed by atoms with E-state index in [4.69, 9.17) is 5.11 Å². The Balaban J connectivity index is 0.000000861. The standard InChI is InChI=1S/C17H32.CH4O/c1-2-3-5-8-15-11-13-17(14-12-15)16-9-6-4-7-10-16;1-2/h15-17H,2-14H2,1H3;2H,1H3. The predicted octanol–water partition coefficient (Wildman–Crippen LogP) is 5.56. The molecule has 2 fully saturated rings. The highest BCUT2D eigenvalue weighted by atomic mass is 16.2. The van der Waals surface area contributed by atoms with Gasteiger partial charge < -0.3 is 5.11 Å². The Morgan fingerprint density at radius 1 is 0.737 bits per heavy atom. The Labute approximate surface area is 121 Å². The molecule has 0 heterocycles. The zero-order valence-electron chi connectivity index (χ0n) is 13.4. The van der Waals surface area contributed by atoms with E-state index < -0.39 is 0 Å². The molecule has 0 saturated heterocycles. The van der Waals surface area contributed by atoms with Crippen LogP contribution in [0.15, 0.2) is 0 Å². The van der Waals surface area contributed by atoms with Gasteiger partial charge in [0.1, 0.15) is 0 Å². The van der Waals surface area contributed by atoms with Gasteiger partial charge in [-0.25, -0.2) is 0 Å². The van der Waals surface area contributed by atoms with E-state index in [9.17, 15) is 0 Å². The molecule has 0 bridgehead atoms. The van der Waals surface area contributed by atoms with E-state index in [-0.39, 0.29) is 0 Å². The van der Waals surface area contributed by atoms with Crippen LogP contribution < -0.4 is 0 Å². The average molecular weight is 268 g/mol. The minimum atomic E-state index is 1.00. The zero-order valence-corrected chi connectivity index (χ0v) is 13.4. The fourth-order valence-corrected chi connectivity index (χ4v) is 4.24. The van der Waals surface area contributed by atoms with Crippen molar-refractivity contribution in [2.24, 2.45) is 17.8 Å². The molecule has 1 nitrogen and oxygen atoms in total. The summed E-state index contributed by atoms with van der Waals surface area (Å²) in [5.41, 5.74) is 0. The molecule has 2 aliphatic carbocycles. The molecule has 0 aromatic heterocycles. The van der Waals surface area contributed by atoms with Crippen molar-refractivity contribution in [1.29, 1.82) is 0 Å². The summed E-state index contributed by atoms with van der Waals surface area (Å²) < 4.78 is 0. The molecule has 0 unspecified atom stereocenters. The molecule has 0 aromatic carbocycles. The zero-order chi connectivity index (χ0) is 13.9. The quantitative estimate of drug-likeness (QED) is 0.647. The van der Waals surface area contributed by atoms with Crippen LogP contribution in [-0.2, 0) is 0 Å². The van der Waals surface area contributed by atoms with Gasteiger partial charge in [0.2, 0.25) is 0 Å². The summed E-state index contributed by atoms with van der Waals surface area (Å²) in [5.74, 6) is 3.35. The largest absolute Gasteiger partial charge is 0.400 e. The first-order chi connectivity index (χ1) is 9.40. The average Bonchev–Trinajstić information content (AvgIpc) is 2.51. The van der Waals surface area contributed by atoms with E-state index in [2.05, 4.69) is 6.92 Å². The third-order valence-electron chi connectivity index (χ3n) is 5.42. The van der Waals surface area contributed by atoms with Gasteiger partial charge >= 0.3 is 0 Å². The highest BCUT2D eigenvalue weighted by Gasteiger charge is 2.28. The molecule has 0 atom stereocenters. The summed E-state index contributed by atoms with van der Waals surface area (Å²) in [4.78, 5) is 0. The van der Waals surface area contributed by atoms with Crippen LogP contribution in [0.5, 0.6) is 0 Å². The van der Waals surface area contributed by atoms with Crippen LogP contribution in [0, 0.1) is 17.8 Å². The van der Waals surface area contributed by atoms with Crippen molar-refractivity contribution in [2.45, 2.75) is 90.4 Å². The van der Waals surface area contributed by atoms with E-state index in [1.165, 1.54) is 44.9 Å². The first-order valence-electron chi connectivity index (χ1n) is 8.85. The highest BCUT2D eigenvalue weighted by molar-refractivity contribution is 4.79. The molecule has 0 aromatic rings. The number of hydrogen-bond acceptors (Lipinski definition) is 1. The molecule has 1 N–H and O–H groups in total. The molecular formula is C18H36O. The normalized spacial score (nSPS) is 28.6. The van der Waals surface area contributed by atoms with Gasteiger partial charge in [-0.3, -0.25) is 0 Å². The third kappa shape index (κ3) is 6.29. The van der Waals surface area contributed by atoms with Crippen LogP contribution in [-0.4, -0.2) is 12.2 Å². The van der Waals surface area contributed by atoms with Crippen molar-refractivity contribution in [1.82, 2.24) is 0 Å². The number of aliphatic hydroxyl groups is 1. The molecule has 0 amide bonds. The number of aliphatic hydroxyl groups excluding tert-OH is 1. The van der Waals surface area contributed by atoms with Crippen LogP contribution in [0.2, 0.25) is 0 Å². The maximum atomic E-state index is 7.00. The van der Waals surface area contributed by atoms with Crippen molar-refractivity contribution in [3.05, 3.63) is 0 Å². The molecule has 0 aliphatic heterocycles. The summed E-state index contributed by atoms with van der Waals surface area (Å²) in [6.07, 6.45) is 19.8. The Bertz CT molecular complexity index is 188. The topological polar surface area (TPSA) is 20.2 Å². The Kier molecular flexibility index (Phi) is 9.59. The summed E-state index contributed by atoms with van der Waals surface area (Å²) in [6, 6.07) is 0. The molecule has 2 rings (SSSR count). The number of hydrogen-bond donors (Lipinski definition) is 1. The van der Waals surface area contributed by atoms with Crippen LogP contribution >= 0.6 is 0 Å². The molecule has 2 saturated carbocycles. The van der Waals surface area contributed by atoms with Crippen LogP contribution in [0.3, 0.4) is 0 Å². The second-order valence-electron chi connectivity index (χ2n) is 6.67. The van der Waals surface area contributed by atoms with Gasteiger partial charge in [-0.2, -0.15) is 0 Å². The molecule has 1 heteroatoms. The maximum Gasteiger partial charge on any atom is 0.0319 e. The molecule has 114 valence electrons. The van der Waals surface area contributed by atoms with Crippen LogP contribution in [0.4, 0.5) is 0 Å². The lowest BCUT2D eigenvalue weighted by molar-refractivity contribution is 0.162. The lowest BCUT2D eigenvalue weighted by atomic mass is 9.70. The monoisotopic (exact) mass is 268 g/mol. The van der Waals surface area contributed by atoms with E-state index in [1.54, 1.807) is 38.5 Å². The minimum Gasteiger partial charge on any atom is -0.400 e. The Hall–Kier alpha value is -0.0400. The first kappa shape index (κ1) is 17.0. The van der Waals surface area contributed by atoms with E-state index in [0.717, 1.165) is 24.9 Å². The lowest BCUT2D eigenvalue weighted by Crippen LogP contribution is -2.23. The molecule has 2 aliphatic rings. The van der Waals surface area contributed by atoms with Crippen molar-refractivity contribution in [2.75, 3.05) is 7.11 Å².